The molecule has 1 aromatic heterocycles. The molecule has 4 rings (SSSR count). The SMILES string of the molecule is CC(Sc1nnc(C2CC2)n1C1CC1)C(=O)NCc1ccc(F)cc1. The molecule has 2 saturated carbocycles. The van der Waals surface area contributed by atoms with Crippen LogP contribution >= 0.6 is 11.8 Å². The van der Waals surface area contributed by atoms with Crippen LogP contribution in [0.15, 0.2) is 29.4 Å². The van der Waals surface area contributed by atoms with Crippen LogP contribution in [0, 0.1) is 5.82 Å². The van der Waals surface area contributed by atoms with Gasteiger partial charge in [-0.05, 0) is 50.3 Å². The second-order valence-corrected chi connectivity index (χ2v) is 8.13. The van der Waals surface area contributed by atoms with Crippen molar-refractivity contribution in [1.29, 1.82) is 0 Å². The van der Waals surface area contributed by atoms with E-state index in [0.29, 0.717) is 18.5 Å². The second-order valence-electron chi connectivity index (χ2n) is 6.82. The Balaban J connectivity index is 1.37. The largest absolute Gasteiger partial charge is 0.351 e. The van der Waals surface area contributed by atoms with E-state index in [1.807, 2.05) is 6.92 Å². The lowest BCUT2D eigenvalue weighted by Crippen LogP contribution is -2.30. The van der Waals surface area contributed by atoms with Crippen LogP contribution in [0.1, 0.15) is 56.0 Å². The van der Waals surface area contributed by atoms with Gasteiger partial charge in [0.15, 0.2) is 5.16 Å². The highest BCUT2D eigenvalue weighted by Gasteiger charge is 2.37. The maximum absolute atomic E-state index is 12.9. The molecule has 2 aromatic rings. The fraction of sp³-hybridized carbons (Fsp3) is 0.500. The molecular formula is C18H21FN4OS. The summed E-state index contributed by atoms with van der Waals surface area (Å²) in [4.78, 5) is 12.4. The quantitative estimate of drug-likeness (QED) is 0.769. The van der Waals surface area contributed by atoms with Gasteiger partial charge in [0.05, 0.1) is 5.25 Å². The minimum Gasteiger partial charge on any atom is -0.351 e. The van der Waals surface area contributed by atoms with Crippen molar-refractivity contribution in [2.45, 2.75) is 61.5 Å². The molecule has 0 aliphatic heterocycles. The van der Waals surface area contributed by atoms with E-state index in [9.17, 15) is 9.18 Å². The molecule has 1 amide bonds. The maximum atomic E-state index is 12.9. The molecule has 1 heterocycles. The Morgan fingerprint density at radius 2 is 2.00 bits per heavy atom. The third-order valence-corrected chi connectivity index (χ3v) is 5.63. The highest BCUT2D eigenvalue weighted by atomic mass is 32.2. The minimum absolute atomic E-state index is 0.0485. The first-order valence-electron chi connectivity index (χ1n) is 8.75. The summed E-state index contributed by atoms with van der Waals surface area (Å²) in [6, 6.07) is 6.68. The van der Waals surface area contributed by atoms with Crippen LogP contribution in [0.4, 0.5) is 4.39 Å². The molecular weight excluding hydrogens is 339 g/mol. The molecule has 1 N–H and O–H groups in total. The molecule has 2 aliphatic rings. The Morgan fingerprint density at radius 1 is 1.28 bits per heavy atom. The zero-order valence-corrected chi connectivity index (χ0v) is 14.9. The first kappa shape index (κ1) is 16.6. The van der Waals surface area contributed by atoms with Gasteiger partial charge in [0.25, 0.3) is 0 Å². The van der Waals surface area contributed by atoms with E-state index in [1.54, 1.807) is 12.1 Å². The van der Waals surface area contributed by atoms with Gasteiger partial charge in [-0.15, -0.1) is 10.2 Å². The number of carbonyl (C=O) groups excluding carboxylic acids is 1. The molecule has 0 spiro atoms. The van der Waals surface area contributed by atoms with Crippen LogP contribution < -0.4 is 5.32 Å². The highest BCUT2D eigenvalue weighted by Crippen LogP contribution is 2.46. The number of halogens is 1. The van der Waals surface area contributed by atoms with Gasteiger partial charge in [0.2, 0.25) is 5.91 Å². The Hall–Kier alpha value is -1.89. The second kappa shape index (κ2) is 6.78. The van der Waals surface area contributed by atoms with Crippen molar-refractivity contribution in [2.75, 3.05) is 0 Å². The van der Waals surface area contributed by atoms with E-state index < -0.39 is 0 Å². The average Bonchev–Trinajstić information content (AvgIpc) is 3.53. The first-order valence-corrected chi connectivity index (χ1v) is 9.63. The smallest absolute Gasteiger partial charge is 0.233 e. The van der Waals surface area contributed by atoms with Crippen LogP contribution in [-0.2, 0) is 11.3 Å². The highest BCUT2D eigenvalue weighted by molar-refractivity contribution is 8.00. The Morgan fingerprint density at radius 3 is 2.64 bits per heavy atom. The topological polar surface area (TPSA) is 59.8 Å². The lowest BCUT2D eigenvalue weighted by atomic mass is 10.2. The monoisotopic (exact) mass is 360 g/mol. The molecule has 0 bridgehead atoms. The van der Waals surface area contributed by atoms with Crippen LogP contribution in [0.25, 0.3) is 0 Å². The van der Waals surface area contributed by atoms with E-state index in [-0.39, 0.29) is 17.0 Å². The minimum atomic E-state index is -0.273. The Bertz CT molecular complexity index is 768. The van der Waals surface area contributed by atoms with Crippen molar-refractivity contribution >= 4 is 17.7 Å². The predicted octanol–water partition coefficient (Wildman–Crippen LogP) is 3.43. The molecule has 2 fully saturated rings. The number of hydrogen-bond acceptors (Lipinski definition) is 4. The maximum Gasteiger partial charge on any atom is 0.233 e. The van der Waals surface area contributed by atoms with E-state index in [2.05, 4.69) is 20.1 Å². The van der Waals surface area contributed by atoms with Gasteiger partial charge in [-0.3, -0.25) is 4.79 Å². The van der Waals surface area contributed by atoms with Crippen molar-refractivity contribution in [3.05, 3.63) is 41.5 Å². The van der Waals surface area contributed by atoms with Gasteiger partial charge < -0.3 is 9.88 Å². The first-order chi connectivity index (χ1) is 12.1. The number of amides is 1. The normalized spacial score (nSPS) is 18.2. The summed E-state index contributed by atoms with van der Waals surface area (Å²) in [6.45, 7) is 2.28. The zero-order valence-electron chi connectivity index (χ0n) is 14.1. The van der Waals surface area contributed by atoms with E-state index in [0.717, 1.165) is 16.5 Å². The van der Waals surface area contributed by atoms with Gasteiger partial charge in [-0.25, -0.2) is 4.39 Å². The third kappa shape index (κ3) is 3.86. The van der Waals surface area contributed by atoms with Crippen molar-refractivity contribution in [3.8, 4) is 0 Å². The number of benzene rings is 1. The number of aromatic nitrogens is 3. The van der Waals surface area contributed by atoms with Gasteiger partial charge >= 0.3 is 0 Å². The Kier molecular flexibility index (Phi) is 4.50. The van der Waals surface area contributed by atoms with Crippen LogP contribution in [0.5, 0.6) is 0 Å². The number of rotatable bonds is 7. The summed E-state index contributed by atoms with van der Waals surface area (Å²) in [5, 5.41) is 12.2. The third-order valence-electron chi connectivity index (χ3n) is 4.58. The lowest BCUT2D eigenvalue weighted by Gasteiger charge is -2.13. The number of thioether (sulfide) groups is 1. The molecule has 132 valence electrons. The fourth-order valence-corrected chi connectivity index (χ4v) is 3.76. The summed E-state index contributed by atoms with van der Waals surface area (Å²) in [5.74, 6) is 1.34. The summed E-state index contributed by atoms with van der Waals surface area (Å²) in [5.41, 5.74) is 0.879. The summed E-state index contributed by atoms with van der Waals surface area (Å²) < 4.78 is 15.2. The lowest BCUT2D eigenvalue weighted by molar-refractivity contribution is -0.120. The van der Waals surface area contributed by atoms with Gasteiger partial charge in [-0.2, -0.15) is 0 Å². The van der Waals surface area contributed by atoms with Crippen molar-refractivity contribution in [1.82, 2.24) is 20.1 Å². The fourth-order valence-electron chi connectivity index (χ4n) is 2.81. The summed E-state index contributed by atoms with van der Waals surface area (Å²) in [6.07, 6.45) is 4.75. The van der Waals surface area contributed by atoms with Crippen molar-refractivity contribution < 1.29 is 9.18 Å². The van der Waals surface area contributed by atoms with Crippen LogP contribution in [0.2, 0.25) is 0 Å². The molecule has 25 heavy (non-hydrogen) atoms. The van der Waals surface area contributed by atoms with E-state index in [1.165, 1.54) is 49.6 Å². The van der Waals surface area contributed by atoms with E-state index >= 15 is 0 Å². The number of nitrogens with one attached hydrogen (secondary N) is 1. The molecule has 0 radical (unpaired) electrons. The standard InChI is InChI=1S/C18H21FN4OS/c1-11(17(24)20-10-12-2-6-14(19)7-3-12)25-18-22-21-16(13-4-5-13)23(18)15-8-9-15/h2-3,6-7,11,13,15H,4-5,8-10H2,1H3,(H,20,24). The summed E-state index contributed by atoms with van der Waals surface area (Å²) in [7, 11) is 0. The summed E-state index contributed by atoms with van der Waals surface area (Å²) >= 11 is 1.47. The van der Waals surface area contributed by atoms with Gasteiger partial charge in [-0.1, -0.05) is 23.9 Å². The number of nitrogens with zero attached hydrogens (tertiary/aromatic N) is 3. The Labute approximate surface area is 150 Å². The number of hydrogen-bond donors (Lipinski definition) is 1. The molecule has 7 heteroatoms. The molecule has 5 nitrogen and oxygen atoms in total. The molecule has 1 aromatic carbocycles. The molecule has 0 saturated heterocycles. The molecule has 1 unspecified atom stereocenters. The molecule has 2 aliphatic carbocycles. The van der Waals surface area contributed by atoms with Crippen LogP contribution in [0.3, 0.4) is 0 Å². The van der Waals surface area contributed by atoms with Gasteiger partial charge in [0.1, 0.15) is 11.6 Å². The zero-order chi connectivity index (χ0) is 17.4. The van der Waals surface area contributed by atoms with Crippen molar-refractivity contribution in [2.24, 2.45) is 0 Å². The average molecular weight is 360 g/mol. The van der Waals surface area contributed by atoms with Crippen LogP contribution in [-0.4, -0.2) is 25.9 Å². The van der Waals surface area contributed by atoms with Gasteiger partial charge in [0, 0.05) is 18.5 Å². The van der Waals surface area contributed by atoms with E-state index in [4.69, 9.17) is 0 Å². The van der Waals surface area contributed by atoms with Crippen molar-refractivity contribution in [3.63, 3.8) is 0 Å². The molecule has 1 atom stereocenters. The predicted molar refractivity (Wildman–Crippen MR) is 93.8 cm³/mol. The number of carbonyl (C=O) groups is 1.